The molecule has 0 bridgehead atoms. The summed E-state index contributed by atoms with van der Waals surface area (Å²) >= 11 is 1.83. The number of nitrogens with zero attached hydrogens (tertiary/aromatic N) is 3. The van der Waals surface area contributed by atoms with Crippen molar-refractivity contribution in [2.24, 2.45) is 0 Å². The first-order valence-electron chi connectivity index (χ1n) is 18.9. The molecule has 0 aliphatic carbocycles. The molecule has 0 N–H and O–H groups in total. The summed E-state index contributed by atoms with van der Waals surface area (Å²) in [6.07, 6.45) is 0. The topological polar surface area (TPSA) is 65.0 Å². The summed E-state index contributed by atoms with van der Waals surface area (Å²) in [6.45, 7) is 0. The third-order valence-corrected chi connectivity index (χ3v) is 12.1. The van der Waals surface area contributed by atoms with Crippen LogP contribution in [0.25, 0.3) is 120 Å². The average Bonchev–Trinajstić information content (AvgIpc) is 3.97. The third-order valence-electron chi connectivity index (χ3n) is 10.9. The molecule has 4 heterocycles. The van der Waals surface area contributed by atoms with Crippen molar-refractivity contribution >= 4 is 75.4 Å². The van der Waals surface area contributed by atoms with Gasteiger partial charge in [0.1, 0.15) is 22.3 Å². The molecule has 0 saturated carbocycles. The van der Waals surface area contributed by atoms with E-state index in [1.807, 2.05) is 90.2 Å². The molecular weight excluding hydrogens is 719 g/mol. The number of thiophene rings is 1. The van der Waals surface area contributed by atoms with Gasteiger partial charge in [0, 0.05) is 58.4 Å². The molecule has 57 heavy (non-hydrogen) atoms. The highest BCUT2D eigenvalue weighted by atomic mass is 32.1. The average molecular weight is 748 g/mol. The maximum absolute atomic E-state index is 6.69. The highest BCUT2D eigenvalue weighted by Gasteiger charge is 2.21. The van der Waals surface area contributed by atoms with Crippen LogP contribution >= 0.6 is 11.3 Å². The Labute approximate surface area is 330 Å². The van der Waals surface area contributed by atoms with E-state index in [1.165, 1.54) is 20.2 Å². The fourth-order valence-corrected chi connectivity index (χ4v) is 9.35. The van der Waals surface area contributed by atoms with Crippen molar-refractivity contribution in [3.63, 3.8) is 0 Å². The maximum atomic E-state index is 6.69. The molecule has 0 spiro atoms. The summed E-state index contributed by atoms with van der Waals surface area (Å²) in [4.78, 5) is 14.8. The van der Waals surface area contributed by atoms with Gasteiger partial charge in [-0.1, -0.05) is 121 Å². The second kappa shape index (κ2) is 12.6. The Hall–Kier alpha value is -7.41. The summed E-state index contributed by atoms with van der Waals surface area (Å²) in [5.41, 5.74) is 10.4. The van der Waals surface area contributed by atoms with Crippen LogP contribution in [0.5, 0.6) is 0 Å². The zero-order chi connectivity index (χ0) is 37.5. The Morgan fingerprint density at radius 3 is 1.68 bits per heavy atom. The van der Waals surface area contributed by atoms with Crippen molar-refractivity contribution in [2.75, 3.05) is 0 Å². The van der Waals surface area contributed by atoms with Crippen molar-refractivity contribution in [3.05, 3.63) is 176 Å². The number of hydrogen-bond acceptors (Lipinski definition) is 6. The van der Waals surface area contributed by atoms with Gasteiger partial charge in [0.05, 0.1) is 0 Å². The molecule has 4 aromatic heterocycles. The molecule has 0 saturated heterocycles. The Kier molecular flexibility index (Phi) is 7.03. The molecule has 0 unspecified atom stereocenters. The molecule has 12 aromatic rings. The molecular formula is C51H29N3O2S. The van der Waals surface area contributed by atoms with Crippen LogP contribution in [0.2, 0.25) is 0 Å². The molecule has 0 radical (unpaired) electrons. The normalized spacial score (nSPS) is 11.9. The highest BCUT2D eigenvalue weighted by molar-refractivity contribution is 7.25. The fourth-order valence-electron chi connectivity index (χ4n) is 8.27. The van der Waals surface area contributed by atoms with Crippen LogP contribution in [0.4, 0.5) is 0 Å². The minimum absolute atomic E-state index is 0.583. The minimum atomic E-state index is 0.583. The van der Waals surface area contributed by atoms with E-state index in [2.05, 4.69) is 97.1 Å². The quantitative estimate of drug-likeness (QED) is 0.175. The number of rotatable bonds is 5. The number of benzene rings is 8. The van der Waals surface area contributed by atoms with Crippen LogP contribution in [0.3, 0.4) is 0 Å². The zero-order valence-corrected chi connectivity index (χ0v) is 31.1. The van der Waals surface area contributed by atoms with E-state index in [0.717, 1.165) is 82.8 Å². The smallest absolute Gasteiger partial charge is 0.164 e. The second-order valence-corrected chi connectivity index (χ2v) is 15.4. The molecule has 0 amide bonds. The summed E-state index contributed by atoms with van der Waals surface area (Å²) in [7, 11) is 0. The lowest BCUT2D eigenvalue weighted by Crippen LogP contribution is -2.00. The predicted molar refractivity (Wildman–Crippen MR) is 234 cm³/mol. The Morgan fingerprint density at radius 2 is 0.895 bits per heavy atom. The van der Waals surface area contributed by atoms with Crippen LogP contribution in [0.1, 0.15) is 0 Å². The van der Waals surface area contributed by atoms with Crippen LogP contribution in [-0.4, -0.2) is 15.0 Å². The summed E-state index contributed by atoms with van der Waals surface area (Å²) in [5, 5.41) is 6.78. The van der Waals surface area contributed by atoms with E-state index in [4.69, 9.17) is 23.8 Å². The van der Waals surface area contributed by atoms with Crippen molar-refractivity contribution in [2.45, 2.75) is 0 Å². The predicted octanol–water partition coefficient (Wildman–Crippen LogP) is 14.4. The standard InChI is InChI=1S/C51H29N3O2S/c1-3-12-30(13-4-1)49-52-50(31-14-5-2-6-15-31)54-51(53-49)33-22-24-38-43(28-33)56-42-20-11-18-36(47(38)42)40-27-34(29-44-48(40)37-17-7-9-19-41(37)55-44)32-23-25-46-39(26-32)35-16-8-10-21-45(35)57-46/h1-29H. The van der Waals surface area contributed by atoms with Crippen molar-refractivity contribution < 1.29 is 8.83 Å². The number of furan rings is 2. The molecule has 8 aromatic carbocycles. The maximum Gasteiger partial charge on any atom is 0.164 e. The van der Waals surface area contributed by atoms with E-state index < -0.39 is 0 Å². The Morgan fingerprint density at radius 1 is 0.316 bits per heavy atom. The van der Waals surface area contributed by atoms with Gasteiger partial charge >= 0.3 is 0 Å². The lowest BCUT2D eigenvalue weighted by Gasteiger charge is -2.11. The van der Waals surface area contributed by atoms with Crippen LogP contribution < -0.4 is 0 Å². The molecule has 12 rings (SSSR count). The molecule has 0 aliphatic heterocycles. The first kappa shape index (κ1) is 31.9. The number of para-hydroxylation sites is 1. The highest BCUT2D eigenvalue weighted by Crippen LogP contribution is 2.45. The van der Waals surface area contributed by atoms with Crippen molar-refractivity contribution in [3.8, 4) is 56.4 Å². The lowest BCUT2D eigenvalue weighted by atomic mass is 9.91. The second-order valence-electron chi connectivity index (χ2n) is 14.3. The van der Waals surface area contributed by atoms with Gasteiger partial charge in [-0.15, -0.1) is 11.3 Å². The summed E-state index contributed by atoms with van der Waals surface area (Å²) in [6, 6.07) is 60.9. The number of aromatic nitrogens is 3. The molecule has 5 nitrogen and oxygen atoms in total. The van der Waals surface area contributed by atoms with E-state index in [-0.39, 0.29) is 0 Å². The van der Waals surface area contributed by atoms with Gasteiger partial charge in [-0.3, -0.25) is 0 Å². The van der Waals surface area contributed by atoms with Gasteiger partial charge < -0.3 is 8.83 Å². The first-order chi connectivity index (χ1) is 28.2. The van der Waals surface area contributed by atoms with Crippen LogP contribution in [-0.2, 0) is 0 Å². The van der Waals surface area contributed by atoms with Gasteiger partial charge in [0.15, 0.2) is 17.5 Å². The van der Waals surface area contributed by atoms with Gasteiger partial charge in [0.25, 0.3) is 0 Å². The lowest BCUT2D eigenvalue weighted by molar-refractivity contribution is 0.668. The van der Waals surface area contributed by atoms with E-state index in [9.17, 15) is 0 Å². The van der Waals surface area contributed by atoms with Gasteiger partial charge in [-0.25, -0.2) is 15.0 Å². The third kappa shape index (κ3) is 5.19. The SMILES string of the molecule is c1ccc(-c2nc(-c3ccccc3)nc(-c3ccc4c(c3)oc3cccc(-c5cc(-c6ccc7sc8ccccc8c7c6)cc6oc7ccccc7c56)c34)n2)cc1. The summed E-state index contributed by atoms with van der Waals surface area (Å²) < 4.78 is 15.9. The van der Waals surface area contributed by atoms with E-state index >= 15 is 0 Å². The Bertz CT molecular complexity index is 3470. The molecule has 0 aliphatic rings. The number of fused-ring (bicyclic) bond motifs is 9. The van der Waals surface area contributed by atoms with Crippen molar-refractivity contribution in [1.82, 2.24) is 15.0 Å². The number of hydrogen-bond donors (Lipinski definition) is 0. The molecule has 266 valence electrons. The zero-order valence-electron chi connectivity index (χ0n) is 30.3. The molecule has 6 heteroatoms. The largest absolute Gasteiger partial charge is 0.456 e. The van der Waals surface area contributed by atoms with E-state index in [0.29, 0.717) is 17.5 Å². The van der Waals surface area contributed by atoms with Crippen LogP contribution in [0.15, 0.2) is 185 Å². The fraction of sp³-hybridized carbons (Fsp3) is 0. The minimum Gasteiger partial charge on any atom is -0.456 e. The Balaban J connectivity index is 1.06. The van der Waals surface area contributed by atoms with Gasteiger partial charge in [-0.2, -0.15) is 0 Å². The molecule has 0 fully saturated rings. The van der Waals surface area contributed by atoms with Gasteiger partial charge in [-0.05, 0) is 76.9 Å². The summed E-state index contributed by atoms with van der Waals surface area (Å²) in [5.74, 6) is 1.82. The molecule has 0 atom stereocenters. The van der Waals surface area contributed by atoms with E-state index in [1.54, 1.807) is 0 Å². The van der Waals surface area contributed by atoms with Gasteiger partial charge in [0.2, 0.25) is 0 Å². The van der Waals surface area contributed by atoms with Crippen LogP contribution in [0, 0.1) is 0 Å². The monoisotopic (exact) mass is 747 g/mol. The van der Waals surface area contributed by atoms with Crippen molar-refractivity contribution in [1.29, 1.82) is 0 Å². The first-order valence-corrected chi connectivity index (χ1v) is 19.7.